The third kappa shape index (κ3) is 7.63. The Morgan fingerprint density at radius 2 is 1.50 bits per heavy atom. The second-order valence-electron chi connectivity index (χ2n) is 10.7. The van der Waals surface area contributed by atoms with Gasteiger partial charge in [-0.25, -0.2) is 4.79 Å². The molecule has 0 bridgehead atoms. The number of likely N-dealkylation sites (tertiary alicyclic amines) is 1. The van der Waals surface area contributed by atoms with Gasteiger partial charge in [0.05, 0.1) is 17.3 Å². The Bertz CT molecular complexity index is 1190. The van der Waals surface area contributed by atoms with E-state index < -0.39 is 6.03 Å². The minimum atomic E-state index is -0.560. The maximum atomic E-state index is 13.5. The number of amides is 3. The van der Waals surface area contributed by atoms with Crippen LogP contribution in [0.4, 0.5) is 16.2 Å². The lowest BCUT2D eigenvalue weighted by Gasteiger charge is -2.38. The second-order valence-corrected chi connectivity index (χ2v) is 10.7. The van der Waals surface area contributed by atoms with Gasteiger partial charge in [-0.05, 0) is 48.6 Å². The van der Waals surface area contributed by atoms with Crippen LogP contribution >= 0.6 is 0 Å². The largest absolute Gasteiger partial charge is 0.399 e. The summed E-state index contributed by atoms with van der Waals surface area (Å²) in [6, 6.07) is 25.9. The van der Waals surface area contributed by atoms with Gasteiger partial charge in [-0.1, -0.05) is 93.3 Å². The molecule has 0 spiro atoms. The number of rotatable bonds is 12. The number of nitrogens with two attached hydrogens (primary N) is 2. The van der Waals surface area contributed by atoms with Crippen molar-refractivity contribution in [2.75, 3.05) is 30.3 Å². The maximum Gasteiger partial charge on any atom is 0.319 e. The number of piperidine rings is 1. The molecule has 1 heterocycles. The van der Waals surface area contributed by atoms with Crippen LogP contribution in [0.25, 0.3) is 0 Å². The maximum absolute atomic E-state index is 13.5. The van der Waals surface area contributed by atoms with Crippen LogP contribution in [0.2, 0.25) is 0 Å². The predicted octanol–water partition coefficient (Wildman–Crippen LogP) is 6.11. The number of nitrogens with one attached hydrogen (secondary N) is 1. The van der Waals surface area contributed by atoms with E-state index in [0.29, 0.717) is 23.5 Å². The smallest absolute Gasteiger partial charge is 0.319 e. The van der Waals surface area contributed by atoms with Crippen LogP contribution in [-0.2, 0) is 0 Å². The quantitative estimate of drug-likeness (QED) is 0.190. The first-order valence-corrected chi connectivity index (χ1v) is 14.6. The van der Waals surface area contributed by atoms with Crippen molar-refractivity contribution < 1.29 is 9.59 Å². The summed E-state index contributed by atoms with van der Waals surface area (Å²) in [7, 11) is 0. The van der Waals surface area contributed by atoms with Gasteiger partial charge < -0.3 is 16.8 Å². The van der Waals surface area contributed by atoms with Crippen molar-refractivity contribution in [2.45, 2.75) is 64.0 Å². The van der Waals surface area contributed by atoms with Crippen molar-refractivity contribution in [3.05, 3.63) is 95.6 Å². The Morgan fingerprint density at radius 1 is 0.900 bits per heavy atom. The topological polar surface area (TPSA) is 105 Å². The van der Waals surface area contributed by atoms with E-state index >= 15 is 0 Å². The summed E-state index contributed by atoms with van der Waals surface area (Å²) in [5, 5.41) is 3.22. The molecule has 3 aromatic carbocycles. The lowest BCUT2D eigenvalue weighted by atomic mass is 9.94. The van der Waals surface area contributed by atoms with Gasteiger partial charge in [0.1, 0.15) is 0 Å². The molecule has 4 rings (SSSR count). The van der Waals surface area contributed by atoms with Crippen LogP contribution in [0.3, 0.4) is 0 Å². The van der Waals surface area contributed by atoms with Crippen molar-refractivity contribution in [1.29, 1.82) is 0 Å². The number of benzene rings is 3. The van der Waals surface area contributed by atoms with Gasteiger partial charge in [0, 0.05) is 31.4 Å². The fourth-order valence-corrected chi connectivity index (χ4v) is 5.64. The molecule has 3 aromatic rings. The molecule has 0 aromatic heterocycles. The molecule has 40 heavy (non-hydrogen) atoms. The monoisotopic (exact) mass is 541 g/mol. The van der Waals surface area contributed by atoms with E-state index in [1.165, 1.54) is 22.4 Å². The summed E-state index contributed by atoms with van der Waals surface area (Å²) in [6.07, 6.45) is 6.94. The number of nitrogens with zero attached hydrogens (tertiary/aromatic N) is 2. The normalized spacial score (nSPS) is 14.2. The van der Waals surface area contributed by atoms with E-state index in [0.717, 1.165) is 51.6 Å². The molecule has 1 saturated heterocycles. The first-order valence-electron chi connectivity index (χ1n) is 14.6. The average molecular weight is 542 g/mol. The number of hydrogen-bond donors (Lipinski definition) is 3. The molecular weight excluding hydrogens is 498 g/mol. The molecule has 7 heteroatoms. The molecule has 5 N–H and O–H groups in total. The summed E-state index contributed by atoms with van der Waals surface area (Å²) in [4.78, 5) is 29.9. The highest BCUT2D eigenvalue weighted by molar-refractivity contribution is 6.05. The Morgan fingerprint density at radius 3 is 2.08 bits per heavy atom. The SMILES string of the molecule is CCCCCCCN(C(N)=O)c1ccc(N)cc1C(=O)NC1CCN(C(c2ccccc2)c2ccccc2)CC1. The van der Waals surface area contributed by atoms with Crippen LogP contribution in [-0.4, -0.2) is 42.5 Å². The van der Waals surface area contributed by atoms with Gasteiger partial charge in [0.15, 0.2) is 0 Å². The first-order chi connectivity index (χ1) is 19.5. The number of nitrogen functional groups attached to an aromatic ring is 1. The zero-order valence-electron chi connectivity index (χ0n) is 23.6. The summed E-state index contributed by atoms with van der Waals surface area (Å²) < 4.78 is 0. The van der Waals surface area contributed by atoms with E-state index in [-0.39, 0.29) is 18.0 Å². The third-order valence-electron chi connectivity index (χ3n) is 7.77. The number of hydrogen-bond acceptors (Lipinski definition) is 4. The van der Waals surface area contributed by atoms with Gasteiger partial charge in [-0.2, -0.15) is 0 Å². The summed E-state index contributed by atoms with van der Waals surface area (Å²) in [5.74, 6) is -0.222. The fraction of sp³-hybridized carbons (Fsp3) is 0.394. The molecule has 0 radical (unpaired) electrons. The minimum Gasteiger partial charge on any atom is -0.399 e. The van der Waals surface area contributed by atoms with Crippen molar-refractivity contribution in [1.82, 2.24) is 10.2 Å². The number of urea groups is 1. The highest BCUT2D eigenvalue weighted by atomic mass is 16.2. The van der Waals surface area contributed by atoms with E-state index in [1.807, 2.05) is 12.1 Å². The lowest BCUT2D eigenvalue weighted by molar-refractivity contribution is 0.0901. The molecule has 0 atom stereocenters. The average Bonchev–Trinajstić information content (AvgIpc) is 2.97. The van der Waals surface area contributed by atoms with E-state index in [2.05, 4.69) is 65.7 Å². The molecule has 7 nitrogen and oxygen atoms in total. The highest BCUT2D eigenvalue weighted by Gasteiger charge is 2.29. The van der Waals surface area contributed by atoms with Crippen molar-refractivity contribution in [3.63, 3.8) is 0 Å². The van der Waals surface area contributed by atoms with Crippen molar-refractivity contribution in [3.8, 4) is 0 Å². The van der Waals surface area contributed by atoms with E-state index in [4.69, 9.17) is 11.5 Å². The summed E-state index contributed by atoms with van der Waals surface area (Å²) >= 11 is 0. The molecule has 3 amide bonds. The van der Waals surface area contributed by atoms with E-state index in [9.17, 15) is 9.59 Å². The predicted molar refractivity (Wildman–Crippen MR) is 163 cm³/mol. The van der Waals surface area contributed by atoms with Gasteiger partial charge in [0.25, 0.3) is 5.91 Å². The molecule has 0 saturated carbocycles. The third-order valence-corrected chi connectivity index (χ3v) is 7.77. The van der Waals surface area contributed by atoms with Gasteiger partial charge >= 0.3 is 6.03 Å². The Kier molecular flexibility index (Phi) is 10.6. The molecule has 0 aliphatic carbocycles. The number of carbonyl (C=O) groups excluding carboxylic acids is 2. The zero-order valence-corrected chi connectivity index (χ0v) is 23.6. The lowest BCUT2D eigenvalue weighted by Crippen LogP contribution is -2.46. The zero-order chi connectivity index (χ0) is 28.3. The molecule has 0 unspecified atom stereocenters. The number of anilines is 2. The number of primary amides is 1. The van der Waals surface area contributed by atoms with E-state index in [1.54, 1.807) is 18.2 Å². The highest BCUT2D eigenvalue weighted by Crippen LogP contribution is 2.31. The molecular formula is C33H43N5O2. The second kappa shape index (κ2) is 14.5. The molecule has 1 aliphatic rings. The van der Waals surface area contributed by atoms with Crippen LogP contribution < -0.4 is 21.7 Å². The van der Waals surface area contributed by atoms with Crippen molar-refractivity contribution >= 4 is 23.3 Å². The number of carbonyl (C=O) groups is 2. The van der Waals surface area contributed by atoms with Gasteiger partial charge in [0.2, 0.25) is 0 Å². The number of unbranched alkanes of at least 4 members (excludes halogenated alkanes) is 4. The minimum absolute atomic E-state index is 0.0290. The molecule has 1 fully saturated rings. The summed E-state index contributed by atoms with van der Waals surface area (Å²) in [5.41, 5.74) is 15.7. The van der Waals surface area contributed by atoms with Crippen molar-refractivity contribution in [2.24, 2.45) is 5.73 Å². The van der Waals surface area contributed by atoms with Gasteiger partial charge in [-0.15, -0.1) is 0 Å². The Balaban J connectivity index is 1.43. The van der Waals surface area contributed by atoms with Crippen LogP contribution in [0.15, 0.2) is 78.9 Å². The summed E-state index contributed by atoms with van der Waals surface area (Å²) in [6.45, 7) is 4.36. The van der Waals surface area contributed by atoms with Crippen LogP contribution in [0.5, 0.6) is 0 Å². The Labute approximate surface area is 238 Å². The first kappa shape index (κ1) is 29.2. The van der Waals surface area contributed by atoms with Crippen LogP contribution in [0.1, 0.15) is 79.4 Å². The van der Waals surface area contributed by atoms with Crippen LogP contribution in [0, 0.1) is 0 Å². The standard InChI is InChI=1S/C33H43N5O2/c1-2-3-4-5-12-21-38(33(35)40)30-18-17-27(34)24-29(30)32(39)36-28-19-22-37(23-20-28)31(25-13-8-6-9-14-25)26-15-10-7-11-16-26/h6-11,13-18,24,28,31H,2-5,12,19-23,34H2,1H3,(H2,35,40)(H,36,39). The van der Waals surface area contributed by atoms with Gasteiger partial charge in [-0.3, -0.25) is 14.6 Å². The molecule has 1 aliphatic heterocycles. The fourth-order valence-electron chi connectivity index (χ4n) is 5.64. The Hall–Kier alpha value is -3.84. The molecule has 212 valence electrons.